The molecule has 3 rings (SSSR count). The first-order valence-corrected chi connectivity index (χ1v) is 7.30. The van der Waals surface area contributed by atoms with Crippen LogP contribution in [0.3, 0.4) is 0 Å². The van der Waals surface area contributed by atoms with E-state index in [0.717, 1.165) is 0 Å². The van der Waals surface area contributed by atoms with E-state index in [4.69, 9.17) is 4.84 Å². The lowest BCUT2D eigenvalue weighted by molar-refractivity contribution is -0.384. The zero-order valence-electron chi connectivity index (χ0n) is 13.2. The SMILES string of the molecule is CN(Oc1ccc(F)cc1Cn1cncn1)c1ccccc1[N+](=O)[O-]. The molecule has 0 saturated heterocycles. The number of halogens is 1. The van der Waals surface area contributed by atoms with Crippen LogP contribution in [0.15, 0.2) is 55.1 Å². The number of hydrogen-bond donors (Lipinski definition) is 0. The summed E-state index contributed by atoms with van der Waals surface area (Å²) in [5.74, 6) is -0.0617. The number of nitro benzene ring substituents is 1. The van der Waals surface area contributed by atoms with E-state index in [9.17, 15) is 14.5 Å². The normalized spacial score (nSPS) is 10.5. The molecule has 0 spiro atoms. The molecule has 0 radical (unpaired) electrons. The molecule has 0 atom stereocenters. The summed E-state index contributed by atoms with van der Waals surface area (Å²) in [5.41, 5.74) is 0.712. The van der Waals surface area contributed by atoms with Gasteiger partial charge in [0.1, 0.15) is 18.5 Å². The molecule has 0 unspecified atom stereocenters. The van der Waals surface area contributed by atoms with Crippen molar-refractivity contribution in [2.75, 3.05) is 12.1 Å². The molecule has 0 fully saturated rings. The molecule has 2 aromatic carbocycles. The number of aromatic nitrogens is 3. The van der Waals surface area contributed by atoms with Crippen molar-refractivity contribution in [3.8, 4) is 5.75 Å². The van der Waals surface area contributed by atoms with E-state index >= 15 is 0 Å². The second kappa shape index (κ2) is 6.95. The van der Waals surface area contributed by atoms with E-state index < -0.39 is 10.7 Å². The van der Waals surface area contributed by atoms with E-state index in [1.807, 2.05) is 0 Å². The summed E-state index contributed by atoms with van der Waals surface area (Å²) in [6, 6.07) is 10.2. The first kappa shape index (κ1) is 16.4. The highest BCUT2D eigenvalue weighted by molar-refractivity contribution is 5.61. The van der Waals surface area contributed by atoms with Gasteiger partial charge in [0.25, 0.3) is 5.69 Å². The van der Waals surface area contributed by atoms with Crippen LogP contribution in [0.1, 0.15) is 5.56 Å². The Kier molecular flexibility index (Phi) is 4.55. The zero-order chi connectivity index (χ0) is 17.8. The number of rotatable bonds is 6. The minimum Gasteiger partial charge on any atom is -0.379 e. The van der Waals surface area contributed by atoms with Crippen LogP contribution in [0.25, 0.3) is 0 Å². The first-order chi connectivity index (χ1) is 12.0. The van der Waals surface area contributed by atoms with E-state index in [2.05, 4.69) is 10.1 Å². The Labute approximate surface area is 142 Å². The molecule has 0 aliphatic carbocycles. The van der Waals surface area contributed by atoms with Gasteiger partial charge in [0.15, 0.2) is 11.4 Å². The second-order valence-corrected chi connectivity index (χ2v) is 5.18. The fraction of sp³-hybridized carbons (Fsp3) is 0.125. The average molecular weight is 343 g/mol. The third-order valence-electron chi connectivity index (χ3n) is 3.47. The molecule has 25 heavy (non-hydrogen) atoms. The zero-order valence-corrected chi connectivity index (χ0v) is 13.2. The highest BCUT2D eigenvalue weighted by Crippen LogP contribution is 2.29. The molecule has 0 aliphatic rings. The predicted octanol–water partition coefficient (Wildman–Crippen LogP) is 2.80. The van der Waals surface area contributed by atoms with Crippen LogP contribution in [0.2, 0.25) is 0 Å². The van der Waals surface area contributed by atoms with Crippen molar-refractivity contribution >= 4 is 11.4 Å². The monoisotopic (exact) mass is 343 g/mol. The summed E-state index contributed by atoms with van der Waals surface area (Å²) < 4.78 is 15.1. The van der Waals surface area contributed by atoms with Gasteiger partial charge in [-0.1, -0.05) is 12.1 Å². The van der Waals surface area contributed by atoms with Gasteiger partial charge in [-0.2, -0.15) is 5.10 Å². The summed E-state index contributed by atoms with van der Waals surface area (Å²) in [6.45, 7) is 0.248. The van der Waals surface area contributed by atoms with Crippen LogP contribution in [-0.4, -0.2) is 26.7 Å². The molecule has 1 heterocycles. The molecule has 9 heteroatoms. The van der Waals surface area contributed by atoms with Gasteiger partial charge in [0.2, 0.25) is 0 Å². The van der Waals surface area contributed by atoms with Crippen molar-refractivity contribution < 1.29 is 14.2 Å². The third-order valence-corrected chi connectivity index (χ3v) is 3.47. The van der Waals surface area contributed by atoms with E-state index in [-0.39, 0.29) is 17.9 Å². The standard InChI is InChI=1S/C16H14FN5O3/c1-20(14-4-2-3-5-15(14)22(23)24)25-16-7-6-13(17)8-12(16)9-21-11-18-10-19-21/h2-8,10-11H,9H2,1H3. The summed E-state index contributed by atoms with van der Waals surface area (Å²) in [5, 5.41) is 16.4. The lowest BCUT2D eigenvalue weighted by Crippen LogP contribution is -2.23. The minimum absolute atomic E-state index is 0.0927. The van der Waals surface area contributed by atoms with Crippen LogP contribution >= 0.6 is 0 Å². The Morgan fingerprint density at radius 2 is 2.12 bits per heavy atom. The van der Waals surface area contributed by atoms with Gasteiger partial charge in [-0.3, -0.25) is 10.1 Å². The quantitative estimate of drug-likeness (QED) is 0.505. The average Bonchev–Trinajstić information content (AvgIpc) is 3.10. The molecule has 8 nitrogen and oxygen atoms in total. The van der Waals surface area contributed by atoms with Crippen molar-refractivity contribution in [2.24, 2.45) is 0 Å². The lowest BCUT2D eigenvalue weighted by atomic mass is 10.2. The molecule has 0 saturated carbocycles. The summed E-state index contributed by atoms with van der Waals surface area (Å²) >= 11 is 0. The van der Waals surface area contributed by atoms with Crippen molar-refractivity contribution in [1.29, 1.82) is 0 Å². The number of para-hydroxylation sites is 2. The van der Waals surface area contributed by atoms with Gasteiger partial charge in [0.05, 0.1) is 11.5 Å². The number of anilines is 1. The summed E-state index contributed by atoms with van der Waals surface area (Å²) in [4.78, 5) is 20.2. The maximum Gasteiger partial charge on any atom is 0.295 e. The summed E-state index contributed by atoms with van der Waals surface area (Å²) in [7, 11) is 1.55. The van der Waals surface area contributed by atoms with Gasteiger partial charge in [0, 0.05) is 18.7 Å². The first-order valence-electron chi connectivity index (χ1n) is 7.30. The van der Waals surface area contributed by atoms with Crippen LogP contribution in [-0.2, 0) is 6.54 Å². The van der Waals surface area contributed by atoms with Crippen molar-refractivity contribution in [2.45, 2.75) is 6.54 Å². The Bertz CT molecular complexity index is 885. The number of nitro groups is 1. The number of hydrogen-bond acceptors (Lipinski definition) is 6. The highest BCUT2D eigenvalue weighted by atomic mass is 19.1. The van der Waals surface area contributed by atoms with Crippen molar-refractivity contribution in [3.05, 3.63) is 76.6 Å². The highest BCUT2D eigenvalue weighted by Gasteiger charge is 2.18. The van der Waals surface area contributed by atoms with Gasteiger partial charge in [-0.05, 0) is 24.3 Å². The molecular weight excluding hydrogens is 329 g/mol. The van der Waals surface area contributed by atoms with Crippen molar-refractivity contribution in [1.82, 2.24) is 14.8 Å². The maximum absolute atomic E-state index is 13.6. The van der Waals surface area contributed by atoms with Gasteiger partial charge < -0.3 is 4.84 Å². The molecule has 3 aromatic rings. The maximum atomic E-state index is 13.6. The van der Waals surface area contributed by atoms with Gasteiger partial charge in [-0.15, -0.1) is 0 Å². The van der Waals surface area contributed by atoms with Gasteiger partial charge >= 0.3 is 0 Å². The van der Waals surface area contributed by atoms with Crippen LogP contribution < -0.4 is 9.90 Å². The van der Waals surface area contributed by atoms with Gasteiger partial charge in [-0.25, -0.2) is 19.1 Å². The van der Waals surface area contributed by atoms with Crippen LogP contribution in [0.4, 0.5) is 15.8 Å². The number of hydroxylamine groups is 1. The number of nitrogens with zero attached hydrogens (tertiary/aromatic N) is 5. The molecule has 0 aliphatic heterocycles. The van der Waals surface area contributed by atoms with E-state index in [1.165, 1.54) is 46.7 Å². The number of benzene rings is 2. The lowest BCUT2D eigenvalue weighted by Gasteiger charge is -2.21. The Morgan fingerprint density at radius 3 is 2.84 bits per heavy atom. The smallest absolute Gasteiger partial charge is 0.295 e. The predicted molar refractivity (Wildman–Crippen MR) is 87.7 cm³/mol. The van der Waals surface area contributed by atoms with Crippen LogP contribution in [0, 0.1) is 15.9 Å². The molecule has 0 bridgehead atoms. The van der Waals surface area contributed by atoms with E-state index in [1.54, 1.807) is 25.2 Å². The topological polar surface area (TPSA) is 86.3 Å². The fourth-order valence-corrected chi connectivity index (χ4v) is 2.33. The third kappa shape index (κ3) is 3.71. The molecule has 0 N–H and O–H groups in total. The van der Waals surface area contributed by atoms with Crippen molar-refractivity contribution in [3.63, 3.8) is 0 Å². The van der Waals surface area contributed by atoms with Crippen LogP contribution in [0.5, 0.6) is 5.75 Å². The second-order valence-electron chi connectivity index (χ2n) is 5.18. The largest absolute Gasteiger partial charge is 0.379 e. The fourth-order valence-electron chi connectivity index (χ4n) is 2.33. The molecular formula is C16H14FN5O3. The Morgan fingerprint density at radius 1 is 1.32 bits per heavy atom. The Balaban J connectivity index is 1.89. The molecule has 0 amide bonds. The Hall–Kier alpha value is -3.49. The summed E-state index contributed by atoms with van der Waals surface area (Å²) in [6.07, 6.45) is 2.87. The molecule has 1 aromatic heterocycles. The van der Waals surface area contributed by atoms with E-state index in [0.29, 0.717) is 11.3 Å². The minimum atomic E-state index is -0.490. The molecule has 128 valence electrons.